The summed E-state index contributed by atoms with van der Waals surface area (Å²) in [5.74, 6) is -0.195. The van der Waals surface area contributed by atoms with Crippen molar-refractivity contribution in [2.24, 2.45) is 0 Å². The molecule has 92 valence electrons. The number of carbonyl (C=O) groups is 1. The second-order valence-corrected chi connectivity index (χ2v) is 5.10. The molecule has 2 aromatic rings. The van der Waals surface area contributed by atoms with E-state index in [4.69, 9.17) is 11.6 Å². The maximum atomic E-state index is 12.0. The van der Waals surface area contributed by atoms with E-state index in [0.29, 0.717) is 20.7 Å². The monoisotopic (exact) mass is 324 g/mol. The van der Waals surface area contributed by atoms with Crippen molar-refractivity contribution < 1.29 is 4.79 Å². The van der Waals surface area contributed by atoms with E-state index < -0.39 is 0 Å². The molecule has 1 amide bonds. The molecule has 0 aliphatic rings. The lowest BCUT2D eigenvalue weighted by atomic mass is 10.2. The van der Waals surface area contributed by atoms with E-state index in [2.05, 4.69) is 26.2 Å². The first-order chi connectivity index (χ1) is 8.56. The molecule has 3 nitrogen and oxygen atoms in total. The molecule has 5 heteroatoms. The van der Waals surface area contributed by atoms with Gasteiger partial charge in [0.25, 0.3) is 5.91 Å². The number of benzene rings is 1. The van der Waals surface area contributed by atoms with E-state index >= 15 is 0 Å². The van der Waals surface area contributed by atoms with Gasteiger partial charge in [-0.05, 0) is 52.7 Å². The highest BCUT2D eigenvalue weighted by atomic mass is 79.9. The van der Waals surface area contributed by atoms with Crippen LogP contribution in [0.15, 0.2) is 41.1 Å². The number of carbonyl (C=O) groups excluding carboxylic acids is 1. The topological polar surface area (TPSA) is 42.0 Å². The van der Waals surface area contributed by atoms with Crippen LogP contribution in [0.25, 0.3) is 0 Å². The minimum absolute atomic E-state index is 0.195. The lowest BCUT2D eigenvalue weighted by molar-refractivity contribution is 0.102. The summed E-state index contributed by atoms with van der Waals surface area (Å²) in [7, 11) is 0. The van der Waals surface area contributed by atoms with Crippen LogP contribution in [-0.4, -0.2) is 10.9 Å². The summed E-state index contributed by atoms with van der Waals surface area (Å²) in [5.41, 5.74) is 2.20. The first-order valence-electron chi connectivity index (χ1n) is 5.24. The number of aromatic nitrogens is 1. The maximum Gasteiger partial charge on any atom is 0.255 e. The lowest BCUT2D eigenvalue weighted by Crippen LogP contribution is -2.12. The van der Waals surface area contributed by atoms with Gasteiger partial charge in [-0.3, -0.25) is 9.78 Å². The van der Waals surface area contributed by atoms with Crippen molar-refractivity contribution in [3.8, 4) is 0 Å². The van der Waals surface area contributed by atoms with Gasteiger partial charge in [-0.25, -0.2) is 0 Å². The summed E-state index contributed by atoms with van der Waals surface area (Å²) < 4.78 is 0.694. The number of rotatable bonds is 2. The highest BCUT2D eigenvalue weighted by Crippen LogP contribution is 2.23. The van der Waals surface area contributed by atoms with Gasteiger partial charge in [-0.2, -0.15) is 0 Å². The Bertz CT molecular complexity index is 601. The van der Waals surface area contributed by atoms with Gasteiger partial charge < -0.3 is 5.32 Å². The van der Waals surface area contributed by atoms with Gasteiger partial charge in [0.05, 0.1) is 16.9 Å². The maximum absolute atomic E-state index is 12.0. The quantitative estimate of drug-likeness (QED) is 0.905. The SMILES string of the molecule is Cc1cncc(NC(=O)c2ccc(Cl)c(Br)c2)c1. The van der Waals surface area contributed by atoms with Gasteiger partial charge in [0.2, 0.25) is 0 Å². The Labute approximate surface area is 118 Å². The molecule has 1 aromatic heterocycles. The summed E-state index contributed by atoms with van der Waals surface area (Å²) in [4.78, 5) is 16.0. The number of amides is 1. The van der Waals surface area contributed by atoms with Crippen LogP contribution < -0.4 is 5.32 Å². The fraction of sp³-hybridized carbons (Fsp3) is 0.0769. The molecule has 1 N–H and O–H groups in total. The third-order valence-corrected chi connectivity index (χ3v) is 3.53. The predicted molar refractivity (Wildman–Crippen MR) is 76.1 cm³/mol. The van der Waals surface area contributed by atoms with Gasteiger partial charge in [-0.1, -0.05) is 11.6 Å². The molecular weight excluding hydrogens is 316 g/mol. The number of aryl methyl sites for hydroxylation is 1. The third-order valence-electron chi connectivity index (χ3n) is 2.31. The Morgan fingerprint density at radius 1 is 1.33 bits per heavy atom. The Balaban J connectivity index is 2.19. The Morgan fingerprint density at radius 2 is 2.11 bits per heavy atom. The van der Waals surface area contributed by atoms with Crippen LogP contribution in [0.3, 0.4) is 0 Å². The van der Waals surface area contributed by atoms with Crippen molar-refractivity contribution in [2.45, 2.75) is 6.92 Å². The Morgan fingerprint density at radius 3 is 2.78 bits per heavy atom. The zero-order valence-corrected chi connectivity index (χ0v) is 11.9. The van der Waals surface area contributed by atoms with E-state index in [9.17, 15) is 4.79 Å². The average molecular weight is 326 g/mol. The molecule has 0 fully saturated rings. The van der Waals surface area contributed by atoms with Crippen LogP contribution >= 0.6 is 27.5 Å². The van der Waals surface area contributed by atoms with Crippen molar-refractivity contribution in [3.63, 3.8) is 0 Å². The molecule has 0 aliphatic heterocycles. The molecule has 0 spiro atoms. The molecule has 0 radical (unpaired) electrons. The average Bonchev–Trinajstić information content (AvgIpc) is 2.32. The normalized spacial score (nSPS) is 10.2. The fourth-order valence-electron chi connectivity index (χ4n) is 1.46. The second-order valence-electron chi connectivity index (χ2n) is 3.83. The summed E-state index contributed by atoms with van der Waals surface area (Å²) in [6.45, 7) is 1.92. The molecule has 0 bridgehead atoms. The standard InChI is InChI=1S/C13H10BrClN2O/c1-8-4-10(7-16-6-8)17-13(18)9-2-3-12(15)11(14)5-9/h2-7H,1H3,(H,17,18). The van der Waals surface area contributed by atoms with Gasteiger partial charge in [0, 0.05) is 16.2 Å². The van der Waals surface area contributed by atoms with Crippen molar-refractivity contribution in [1.82, 2.24) is 4.98 Å². The van der Waals surface area contributed by atoms with Crippen LogP contribution in [0.2, 0.25) is 5.02 Å². The summed E-state index contributed by atoms with van der Waals surface area (Å²) in [6, 6.07) is 6.89. The molecule has 0 aliphatic carbocycles. The van der Waals surface area contributed by atoms with E-state index in [-0.39, 0.29) is 5.91 Å². The Kier molecular flexibility index (Phi) is 3.99. The fourth-order valence-corrected chi connectivity index (χ4v) is 1.96. The zero-order valence-electron chi connectivity index (χ0n) is 9.58. The summed E-state index contributed by atoms with van der Waals surface area (Å²) in [5, 5.41) is 3.35. The molecule has 0 atom stereocenters. The van der Waals surface area contributed by atoms with Crippen LogP contribution in [0.4, 0.5) is 5.69 Å². The predicted octanol–water partition coefficient (Wildman–Crippen LogP) is 4.06. The molecule has 2 rings (SSSR count). The molecule has 0 saturated carbocycles. The molecule has 1 heterocycles. The van der Waals surface area contributed by atoms with Gasteiger partial charge in [-0.15, -0.1) is 0 Å². The van der Waals surface area contributed by atoms with Crippen LogP contribution in [0, 0.1) is 6.92 Å². The largest absolute Gasteiger partial charge is 0.321 e. The minimum atomic E-state index is -0.195. The van der Waals surface area contributed by atoms with E-state index in [1.807, 2.05) is 13.0 Å². The molecule has 18 heavy (non-hydrogen) atoms. The molecular formula is C13H10BrClN2O. The number of pyridine rings is 1. The van der Waals surface area contributed by atoms with Gasteiger partial charge in [0.15, 0.2) is 0 Å². The van der Waals surface area contributed by atoms with Crippen molar-refractivity contribution >= 4 is 39.1 Å². The van der Waals surface area contributed by atoms with Crippen LogP contribution in [0.1, 0.15) is 15.9 Å². The molecule has 1 aromatic carbocycles. The number of nitrogens with zero attached hydrogens (tertiary/aromatic N) is 1. The van der Waals surface area contributed by atoms with Crippen LogP contribution in [-0.2, 0) is 0 Å². The smallest absolute Gasteiger partial charge is 0.255 e. The van der Waals surface area contributed by atoms with Crippen molar-refractivity contribution in [2.75, 3.05) is 5.32 Å². The molecule has 0 saturated heterocycles. The number of anilines is 1. The number of nitrogens with one attached hydrogen (secondary N) is 1. The third kappa shape index (κ3) is 3.09. The van der Waals surface area contributed by atoms with Crippen LogP contribution in [0.5, 0.6) is 0 Å². The summed E-state index contributed by atoms with van der Waals surface area (Å²) >= 11 is 9.16. The lowest BCUT2D eigenvalue weighted by Gasteiger charge is -2.06. The van der Waals surface area contributed by atoms with E-state index in [1.54, 1.807) is 30.6 Å². The minimum Gasteiger partial charge on any atom is -0.321 e. The van der Waals surface area contributed by atoms with Crippen molar-refractivity contribution in [3.05, 3.63) is 57.3 Å². The highest BCUT2D eigenvalue weighted by molar-refractivity contribution is 9.10. The number of hydrogen-bond donors (Lipinski definition) is 1. The zero-order chi connectivity index (χ0) is 13.1. The number of hydrogen-bond acceptors (Lipinski definition) is 2. The van der Waals surface area contributed by atoms with E-state index in [0.717, 1.165) is 5.56 Å². The highest BCUT2D eigenvalue weighted by Gasteiger charge is 2.08. The second kappa shape index (κ2) is 5.50. The number of halogens is 2. The first-order valence-corrected chi connectivity index (χ1v) is 6.41. The Hall–Kier alpha value is -1.39. The first kappa shape index (κ1) is 13.1. The summed E-state index contributed by atoms with van der Waals surface area (Å²) in [6.07, 6.45) is 3.34. The van der Waals surface area contributed by atoms with E-state index in [1.165, 1.54) is 0 Å². The van der Waals surface area contributed by atoms with Crippen molar-refractivity contribution in [1.29, 1.82) is 0 Å². The van der Waals surface area contributed by atoms with Gasteiger partial charge >= 0.3 is 0 Å². The van der Waals surface area contributed by atoms with Gasteiger partial charge in [0.1, 0.15) is 0 Å². The molecule has 0 unspecified atom stereocenters.